The van der Waals surface area contributed by atoms with E-state index in [1.807, 2.05) is 11.9 Å². The lowest BCUT2D eigenvalue weighted by molar-refractivity contribution is 0.00177. The number of hydrogen-bond acceptors (Lipinski definition) is 6. The van der Waals surface area contributed by atoms with Gasteiger partial charge in [-0.15, -0.1) is 0 Å². The molecular formula is C19H16Cl2N2O4. The second-order valence-electron chi connectivity index (χ2n) is 6.59. The first-order valence-electron chi connectivity index (χ1n) is 8.34. The van der Waals surface area contributed by atoms with E-state index in [0.717, 1.165) is 0 Å². The summed E-state index contributed by atoms with van der Waals surface area (Å²) in [5.41, 5.74) is 2.01. The molecular weight excluding hydrogens is 391 g/mol. The van der Waals surface area contributed by atoms with Gasteiger partial charge in [-0.05, 0) is 43.4 Å². The van der Waals surface area contributed by atoms with E-state index in [-0.39, 0.29) is 0 Å². The van der Waals surface area contributed by atoms with Crippen LogP contribution in [0.25, 0.3) is 22.6 Å². The van der Waals surface area contributed by atoms with Crippen LogP contribution >= 0.6 is 23.2 Å². The maximum Gasteiger partial charge on any atom is 0.338 e. The van der Waals surface area contributed by atoms with Gasteiger partial charge in [-0.25, -0.2) is 9.78 Å². The van der Waals surface area contributed by atoms with Gasteiger partial charge in [-0.2, -0.15) is 0 Å². The summed E-state index contributed by atoms with van der Waals surface area (Å²) in [6.45, 7) is 0.974. The number of oxazole rings is 1. The van der Waals surface area contributed by atoms with Crippen LogP contribution in [-0.2, 0) is 4.74 Å². The van der Waals surface area contributed by atoms with Gasteiger partial charge >= 0.3 is 5.97 Å². The molecule has 0 saturated carbocycles. The summed E-state index contributed by atoms with van der Waals surface area (Å²) in [4.78, 5) is 18.7. The molecule has 0 spiro atoms. The van der Waals surface area contributed by atoms with Gasteiger partial charge in [0, 0.05) is 28.7 Å². The molecule has 3 aromatic rings. The van der Waals surface area contributed by atoms with E-state index in [9.17, 15) is 9.90 Å². The third-order valence-electron chi connectivity index (χ3n) is 4.41. The van der Waals surface area contributed by atoms with Crippen molar-refractivity contribution in [2.75, 3.05) is 20.1 Å². The Morgan fingerprint density at radius 1 is 1.22 bits per heavy atom. The zero-order chi connectivity index (χ0) is 19.1. The van der Waals surface area contributed by atoms with Crippen LogP contribution in [0.2, 0.25) is 10.0 Å². The van der Waals surface area contributed by atoms with Gasteiger partial charge in [-0.1, -0.05) is 23.2 Å². The van der Waals surface area contributed by atoms with Crippen molar-refractivity contribution in [3.63, 3.8) is 0 Å². The zero-order valence-electron chi connectivity index (χ0n) is 14.4. The largest absolute Gasteiger partial charge is 0.455 e. The maximum absolute atomic E-state index is 12.4. The second kappa shape index (κ2) is 7.13. The van der Waals surface area contributed by atoms with Crippen LogP contribution in [0.1, 0.15) is 10.4 Å². The van der Waals surface area contributed by atoms with Crippen LogP contribution in [0, 0.1) is 0 Å². The number of aliphatic hydroxyl groups is 1. The molecule has 1 N–H and O–H groups in total. The second-order valence-corrected chi connectivity index (χ2v) is 7.46. The van der Waals surface area contributed by atoms with Crippen molar-refractivity contribution in [2.24, 2.45) is 0 Å². The average molecular weight is 407 g/mol. The number of likely N-dealkylation sites (N-methyl/N-ethyl adjacent to an activating group) is 1. The Morgan fingerprint density at radius 2 is 1.96 bits per heavy atom. The van der Waals surface area contributed by atoms with Gasteiger partial charge in [-0.3, -0.25) is 4.90 Å². The van der Waals surface area contributed by atoms with Crippen molar-refractivity contribution in [1.29, 1.82) is 0 Å². The number of carbonyl (C=O) groups is 1. The molecule has 1 aliphatic heterocycles. The molecule has 0 radical (unpaired) electrons. The van der Waals surface area contributed by atoms with Gasteiger partial charge < -0.3 is 14.3 Å². The van der Waals surface area contributed by atoms with Gasteiger partial charge in [0.05, 0.1) is 5.56 Å². The number of benzene rings is 2. The van der Waals surface area contributed by atoms with Gasteiger partial charge in [0.25, 0.3) is 0 Å². The number of fused-ring (bicyclic) bond motifs is 1. The van der Waals surface area contributed by atoms with E-state index >= 15 is 0 Å². The molecule has 6 nitrogen and oxygen atoms in total. The molecule has 2 heterocycles. The van der Waals surface area contributed by atoms with Crippen LogP contribution in [0.5, 0.6) is 0 Å². The van der Waals surface area contributed by atoms with Gasteiger partial charge in [0.15, 0.2) is 5.58 Å². The normalized spacial score (nSPS) is 20.3. The smallest absolute Gasteiger partial charge is 0.338 e. The summed E-state index contributed by atoms with van der Waals surface area (Å²) in [6.07, 6.45) is -1.23. The molecule has 1 fully saturated rings. The van der Waals surface area contributed by atoms with E-state index in [1.54, 1.807) is 36.4 Å². The molecule has 8 heteroatoms. The third-order valence-corrected chi connectivity index (χ3v) is 4.85. The van der Waals surface area contributed by atoms with E-state index < -0.39 is 18.2 Å². The SMILES string of the molecule is CN1CC(O)C(OC(=O)c2ccc3nc(-c4cc(Cl)cc(Cl)c4)oc3c2)C1. The summed E-state index contributed by atoms with van der Waals surface area (Å²) >= 11 is 12.1. The van der Waals surface area contributed by atoms with Crippen LogP contribution < -0.4 is 0 Å². The van der Waals surface area contributed by atoms with Crippen LogP contribution in [0.3, 0.4) is 0 Å². The van der Waals surface area contributed by atoms with E-state index in [4.69, 9.17) is 32.4 Å². The highest BCUT2D eigenvalue weighted by Crippen LogP contribution is 2.29. The average Bonchev–Trinajstić information content (AvgIpc) is 3.16. The first-order valence-corrected chi connectivity index (χ1v) is 9.09. The van der Waals surface area contributed by atoms with Crippen molar-refractivity contribution in [3.8, 4) is 11.5 Å². The van der Waals surface area contributed by atoms with Crippen LogP contribution in [0.15, 0.2) is 40.8 Å². The number of β-amino-alcohol motifs (C(OH)–C–C–N with tert-alkyl or cyclic N) is 1. The summed E-state index contributed by atoms with van der Waals surface area (Å²) in [7, 11) is 1.86. The molecule has 27 heavy (non-hydrogen) atoms. The summed E-state index contributed by atoms with van der Waals surface area (Å²) in [5, 5.41) is 10.9. The molecule has 1 aromatic heterocycles. The highest BCUT2D eigenvalue weighted by molar-refractivity contribution is 6.35. The predicted molar refractivity (Wildman–Crippen MR) is 102 cm³/mol. The molecule has 0 amide bonds. The molecule has 2 aromatic carbocycles. The molecule has 140 valence electrons. The first kappa shape index (κ1) is 18.3. The fourth-order valence-electron chi connectivity index (χ4n) is 3.11. The molecule has 0 aliphatic carbocycles. The molecule has 1 aliphatic rings. The lowest BCUT2D eigenvalue weighted by Crippen LogP contribution is -2.29. The topological polar surface area (TPSA) is 75.8 Å². The fraction of sp³-hybridized carbons (Fsp3) is 0.263. The highest BCUT2D eigenvalue weighted by Gasteiger charge is 2.32. The standard InChI is InChI=1S/C19H16Cl2N2O4/c1-23-8-15(24)17(9-23)27-19(25)10-2-3-14-16(6-10)26-18(22-14)11-4-12(20)7-13(21)5-11/h2-7,15,17,24H,8-9H2,1H3. The Kier molecular flexibility index (Phi) is 4.82. The number of carbonyl (C=O) groups excluding carboxylic acids is 1. The lowest BCUT2D eigenvalue weighted by atomic mass is 10.2. The number of rotatable bonds is 3. The van der Waals surface area contributed by atoms with Crippen molar-refractivity contribution < 1.29 is 19.1 Å². The minimum Gasteiger partial charge on any atom is -0.455 e. The number of esters is 1. The van der Waals surface area contributed by atoms with Crippen molar-refractivity contribution >= 4 is 40.3 Å². The van der Waals surface area contributed by atoms with Crippen molar-refractivity contribution in [3.05, 3.63) is 52.0 Å². The number of aliphatic hydroxyl groups excluding tert-OH is 1. The number of hydrogen-bond donors (Lipinski definition) is 1. The number of nitrogens with zero attached hydrogens (tertiary/aromatic N) is 2. The fourth-order valence-corrected chi connectivity index (χ4v) is 3.64. The van der Waals surface area contributed by atoms with Gasteiger partial charge in [0.2, 0.25) is 5.89 Å². The third kappa shape index (κ3) is 3.80. The minimum atomic E-state index is -0.688. The minimum absolute atomic E-state index is 0.330. The number of aromatic nitrogens is 1. The van der Waals surface area contributed by atoms with E-state index in [1.165, 1.54) is 0 Å². The molecule has 0 bridgehead atoms. The molecule has 2 unspecified atom stereocenters. The summed E-state index contributed by atoms with van der Waals surface area (Å²) in [6, 6.07) is 9.90. The number of likely N-dealkylation sites (tertiary alicyclic amines) is 1. The Hall–Kier alpha value is -2.12. The molecule has 2 atom stereocenters. The zero-order valence-corrected chi connectivity index (χ0v) is 15.9. The number of ether oxygens (including phenoxy) is 1. The highest BCUT2D eigenvalue weighted by atomic mass is 35.5. The maximum atomic E-state index is 12.4. The van der Waals surface area contributed by atoms with Crippen LogP contribution in [-0.4, -0.2) is 53.3 Å². The van der Waals surface area contributed by atoms with Crippen molar-refractivity contribution in [1.82, 2.24) is 9.88 Å². The quantitative estimate of drug-likeness (QED) is 0.669. The summed E-state index contributed by atoms with van der Waals surface area (Å²) < 4.78 is 11.2. The number of halogens is 2. The molecule has 4 rings (SSSR count). The Morgan fingerprint density at radius 3 is 2.63 bits per heavy atom. The van der Waals surface area contributed by atoms with Gasteiger partial charge in [0.1, 0.15) is 17.7 Å². The summed E-state index contributed by atoms with van der Waals surface area (Å²) in [5.74, 6) is -0.159. The monoisotopic (exact) mass is 406 g/mol. The first-order chi connectivity index (χ1) is 12.9. The Labute approximate surface area is 165 Å². The van der Waals surface area contributed by atoms with Crippen molar-refractivity contribution in [2.45, 2.75) is 12.2 Å². The predicted octanol–water partition coefficient (Wildman–Crippen LogP) is 3.63. The lowest BCUT2D eigenvalue weighted by Gasteiger charge is -2.14. The van der Waals surface area contributed by atoms with Crippen LogP contribution in [0.4, 0.5) is 0 Å². The van der Waals surface area contributed by atoms with E-state index in [2.05, 4.69) is 4.98 Å². The Balaban J connectivity index is 1.60. The Bertz CT molecular complexity index is 1000. The molecule has 1 saturated heterocycles. The van der Waals surface area contributed by atoms with E-state index in [0.29, 0.717) is 51.3 Å².